The number of carboxylic acid groups (broad SMARTS) is 1. The van der Waals surface area contributed by atoms with Gasteiger partial charge in [-0.05, 0) is 31.4 Å². The highest BCUT2D eigenvalue weighted by Gasteiger charge is 2.07. The summed E-state index contributed by atoms with van der Waals surface area (Å²) in [4.78, 5) is 10.8. The zero-order chi connectivity index (χ0) is 13.5. The van der Waals surface area contributed by atoms with E-state index in [2.05, 4.69) is 31.3 Å². The quantitative estimate of drug-likeness (QED) is 0.759. The molecule has 0 fully saturated rings. The van der Waals surface area contributed by atoms with Gasteiger partial charge in [-0.3, -0.25) is 0 Å². The van der Waals surface area contributed by atoms with Crippen molar-refractivity contribution in [3.63, 3.8) is 0 Å². The van der Waals surface area contributed by atoms with Crippen LogP contribution in [-0.4, -0.2) is 17.6 Å². The molecule has 0 unspecified atom stereocenters. The van der Waals surface area contributed by atoms with Crippen LogP contribution in [0.1, 0.15) is 37.4 Å². The topological polar surface area (TPSA) is 49.3 Å². The number of aryl methyl sites for hydroxylation is 1. The van der Waals surface area contributed by atoms with Crippen molar-refractivity contribution in [3.05, 3.63) is 47.0 Å². The third kappa shape index (κ3) is 4.00. The van der Waals surface area contributed by atoms with Crippen molar-refractivity contribution >= 4 is 5.97 Å². The van der Waals surface area contributed by atoms with Gasteiger partial charge in [-0.25, -0.2) is 4.79 Å². The van der Waals surface area contributed by atoms with Crippen molar-refractivity contribution in [1.82, 2.24) is 5.32 Å². The van der Waals surface area contributed by atoms with Crippen LogP contribution in [0.4, 0.5) is 0 Å². The molecule has 3 heteroatoms. The highest BCUT2D eigenvalue weighted by Crippen LogP contribution is 2.16. The van der Waals surface area contributed by atoms with Crippen LogP contribution in [-0.2, 0) is 4.79 Å². The molecule has 0 aliphatic rings. The summed E-state index contributed by atoms with van der Waals surface area (Å²) in [5.74, 6) is -0.831. The summed E-state index contributed by atoms with van der Waals surface area (Å²) in [7, 11) is 0. The second-order valence-electron chi connectivity index (χ2n) is 4.37. The zero-order valence-corrected chi connectivity index (χ0v) is 11.2. The van der Waals surface area contributed by atoms with Crippen molar-refractivity contribution < 1.29 is 9.90 Å². The number of benzene rings is 1. The molecule has 0 heterocycles. The molecule has 0 bridgehead atoms. The molecule has 2 N–H and O–H groups in total. The second kappa shape index (κ2) is 6.97. The molecule has 1 atom stereocenters. The molecule has 3 nitrogen and oxygen atoms in total. The summed E-state index contributed by atoms with van der Waals surface area (Å²) in [6.07, 6.45) is 2.30. The fourth-order valence-corrected chi connectivity index (χ4v) is 1.92. The van der Waals surface area contributed by atoms with Gasteiger partial charge in [0.1, 0.15) is 0 Å². The standard InChI is InChI=1S/C15H21NO2/c1-4-13(15(17)18)9-10-16-12(3)14-8-6-5-7-11(14)2/h5-9,12,16H,4,10H2,1-3H3,(H,17,18)/b13-9-/t12-/m0/s1. The van der Waals surface area contributed by atoms with Crippen LogP contribution in [0.2, 0.25) is 0 Å². The smallest absolute Gasteiger partial charge is 0.331 e. The Hall–Kier alpha value is -1.61. The van der Waals surface area contributed by atoms with Crippen LogP contribution in [0, 0.1) is 6.92 Å². The van der Waals surface area contributed by atoms with Crippen molar-refractivity contribution in [3.8, 4) is 0 Å². The number of carboxylic acids is 1. The summed E-state index contributed by atoms with van der Waals surface area (Å²) in [5, 5.41) is 12.2. The van der Waals surface area contributed by atoms with Crippen molar-refractivity contribution in [2.45, 2.75) is 33.2 Å². The van der Waals surface area contributed by atoms with Gasteiger partial charge in [0.2, 0.25) is 0 Å². The molecular weight excluding hydrogens is 226 g/mol. The fraction of sp³-hybridized carbons (Fsp3) is 0.400. The van der Waals surface area contributed by atoms with Crippen molar-refractivity contribution in [2.24, 2.45) is 0 Å². The molecule has 0 aliphatic heterocycles. The average Bonchev–Trinajstić information content (AvgIpc) is 2.34. The van der Waals surface area contributed by atoms with Gasteiger partial charge < -0.3 is 10.4 Å². The minimum Gasteiger partial charge on any atom is -0.478 e. The summed E-state index contributed by atoms with van der Waals surface area (Å²) in [5.41, 5.74) is 2.95. The zero-order valence-electron chi connectivity index (χ0n) is 11.2. The van der Waals surface area contributed by atoms with E-state index in [0.29, 0.717) is 18.5 Å². The van der Waals surface area contributed by atoms with Gasteiger partial charge in [0.05, 0.1) is 0 Å². The minimum atomic E-state index is -0.831. The summed E-state index contributed by atoms with van der Waals surface area (Å²) in [6.45, 7) is 6.59. The Morgan fingerprint density at radius 2 is 2.11 bits per heavy atom. The number of rotatable bonds is 6. The minimum absolute atomic E-state index is 0.217. The molecule has 0 aliphatic carbocycles. The number of carbonyl (C=O) groups is 1. The van der Waals surface area contributed by atoms with E-state index in [4.69, 9.17) is 5.11 Å². The fourth-order valence-electron chi connectivity index (χ4n) is 1.92. The third-order valence-electron chi connectivity index (χ3n) is 3.08. The number of aliphatic carboxylic acids is 1. The molecule has 0 radical (unpaired) electrons. The molecule has 0 spiro atoms. The lowest BCUT2D eigenvalue weighted by Crippen LogP contribution is -2.20. The maximum atomic E-state index is 10.8. The first kappa shape index (κ1) is 14.5. The lowest BCUT2D eigenvalue weighted by Gasteiger charge is -2.15. The van der Waals surface area contributed by atoms with E-state index in [9.17, 15) is 4.79 Å². The molecule has 1 rings (SSSR count). The second-order valence-corrected chi connectivity index (χ2v) is 4.37. The average molecular weight is 247 g/mol. The molecule has 0 aromatic heterocycles. The van der Waals surface area contributed by atoms with E-state index >= 15 is 0 Å². The largest absolute Gasteiger partial charge is 0.478 e. The summed E-state index contributed by atoms with van der Waals surface area (Å²) < 4.78 is 0. The maximum Gasteiger partial charge on any atom is 0.331 e. The van der Waals surface area contributed by atoms with Crippen LogP contribution in [0.25, 0.3) is 0 Å². The van der Waals surface area contributed by atoms with E-state index < -0.39 is 5.97 Å². The lowest BCUT2D eigenvalue weighted by atomic mass is 10.0. The Kier molecular flexibility index (Phi) is 5.59. The Bertz CT molecular complexity index is 438. The number of hydrogen-bond acceptors (Lipinski definition) is 2. The van der Waals surface area contributed by atoms with Gasteiger partial charge in [0.15, 0.2) is 0 Å². The Morgan fingerprint density at radius 1 is 1.44 bits per heavy atom. The molecule has 1 aromatic carbocycles. The monoisotopic (exact) mass is 247 g/mol. The van der Waals surface area contributed by atoms with E-state index in [1.807, 2.05) is 19.1 Å². The van der Waals surface area contributed by atoms with Gasteiger partial charge >= 0.3 is 5.97 Å². The van der Waals surface area contributed by atoms with Gasteiger partial charge in [-0.15, -0.1) is 0 Å². The van der Waals surface area contributed by atoms with Crippen molar-refractivity contribution in [2.75, 3.05) is 6.54 Å². The van der Waals surface area contributed by atoms with Crippen LogP contribution >= 0.6 is 0 Å². The van der Waals surface area contributed by atoms with Gasteiger partial charge in [-0.2, -0.15) is 0 Å². The van der Waals surface area contributed by atoms with E-state index in [-0.39, 0.29) is 6.04 Å². The molecule has 0 saturated heterocycles. The van der Waals surface area contributed by atoms with Crippen molar-refractivity contribution in [1.29, 1.82) is 0 Å². The highest BCUT2D eigenvalue weighted by atomic mass is 16.4. The number of nitrogens with one attached hydrogen (secondary N) is 1. The van der Waals surface area contributed by atoms with Crippen LogP contribution < -0.4 is 5.32 Å². The Labute approximate surface area is 109 Å². The van der Waals surface area contributed by atoms with E-state index in [1.165, 1.54) is 11.1 Å². The molecule has 98 valence electrons. The van der Waals surface area contributed by atoms with Crippen LogP contribution in [0.15, 0.2) is 35.9 Å². The lowest BCUT2D eigenvalue weighted by molar-refractivity contribution is -0.132. The third-order valence-corrected chi connectivity index (χ3v) is 3.08. The summed E-state index contributed by atoms with van der Waals surface area (Å²) >= 11 is 0. The first-order chi connectivity index (χ1) is 8.56. The van der Waals surface area contributed by atoms with Gasteiger partial charge in [0, 0.05) is 18.2 Å². The Balaban J connectivity index is 2.59. The molecular formula is C15H21NO2. The highest BCUT2D eigenvalue weighted by molar-refractivity contribution is 5.86. The molecule has 0 saturated carbocycles. The normalized spacial score (nSPS) is 13.4. The first-order valence-corrected chi connectivity index (χ1v) is 6.27. The first-order valence-electron chi connectivity index (χ1n) is 6.27. The van der Waals surface area contributed by atoms with Crippen LogP contribution in [0.3, 0.4) is 0 Å². The molecule has 18 heavy (non-hydrogen) atoms. The maximum absolute atomic E-state index is 10.8. The van der Waals surface area contributed by atoms with Crippen LogP contribution in [0.5, 0.6) is 0 Å². The SMILES string of the molecule is CC/C(=C/CN[C@@H](C)c1ccccc1C)C(=O)O. The van der Waals surface area contributed by atoms with Gasteiger partial charge in [-0.1, -0.05) is 37.3 Å². The molecule has 1 aromatic rings. The Morgan fingerprint density at radius 3 is 2.67 bits per heavy atom. The molecule has 0 amide bonds. The van der Waals surface area contributed by atoms with E-state index in [0.717, 1.165) is 0 Å². The number of hydrogen-bond donors (Lipinski definition) is 2. The van der Waals surface area contributed by atoms with E-state index in [1.54, 1.807) is 6.08 Å². The predicted molar refractivity (Wildman–Crippen MR) is 73.6 cm³/mol. The van der Waals surface area contributed by atoms with Gasteiger partial charge in [0.25, 0.3) is 0 Å². The predicted octanol–water partition coefficient (Wildman–Crippen LogP) is 3.07. The summed E-state index contributed by atoms with van der Waals surface area (Å²) in [6, 6.07) is 8.43.